The number of thiophene rings is 1. The van der Waals surface area contributed by atoms with Gasteiger partial charge in [-0.3, -0.25) is 14.9 Å². The fourth-order valence-corrected chi connectivity index (χ4v) is 3.23. The van der Waals surface area contributed by atoms with E-state index in [1.807, 2.05) is 11.4 Å². The number of nitro benzene ring substituents is 1. The molecule has 1 aromatic carbocycles. The van der Waals surface area contributed by atoms with Crippen LogP contribution in [0, 0.1) is 10.1 Å². The summed E-state index contributed by atoms with van der Waals surface area (Å²) in [5, 5.41) is 15.6. The van der Waals surface area contributed by atoms with Crippen LogP contribution in [0.1, 0.15) is 16.5 Å². The number of non-ortho nitro benzene ring substituents is 1. The molecule has 0 aliphatic rings. The first-order valence-electron chi connectivity index (χ1n) is 7.31. The number of nitrogens with zero attached hydrogens (tertiary/aromatic N) is 1. The number of rotatable bonds is 7. The number of hydrogen-bond donors (Lipinski definition) is 2. The van der Waals surface area contributed by atoms with Crippen molar-refractivity contribution < 1.29 is 14.6 Å². The predicted octanol–water partition coefficient (Wildman–Crippen LogP) is 1.20. The van der Waals surface area contributed by atoms with Gasteiger partial charge in [-0.2, -0.15) is 0 Å². The first-order valence-corrected chi connectivity index (χ1v) is 8.19. The SMILES string of the molecule is C[NH+](C)[C@@H](CNC(=O)Cc1ccc([N+](=O)[O-])cc1)c1cccs1. The van der Waals surface area contributed by atoms with Crippen molar-refractivity contribution in [3.05, 3.63) is 62.3 Å². The number of amides is 1. The number of nitrogens with one attached hydrogen (secondary N) is 2. The van der Waals surface area contributed by atoms with Crippen LogP contribution in [0.3, 0.4) is 0 Å². The van der Waals surface area contributed by atoms with Crippen molar-refractivity contribution in [1.82, 2.24) is 5.32 Å². The Balaban J connectivity index is 1.90. The molecule has 0 radical (unpaired) electrons. The first-order chi connectivity index (χ1) is 11.0. The highest BCUT2D eigenvalue weighted by atomic mass is 32.1. The summed E-state index contributed by atoms with van der Waals surface area (Å²) in [6.07, 6.45) is 0.220. The van der Waals surface area contributed by atoms with Crippen LogP contribution in [0.15, 0.2) is 41.8 Å². The van der Waals surface area contributed by atoms with E-state index in [4.69, 9.17) is 0 Å². The highest BCUT2D eigenvalue weighted by molar-refractivity contribution is 7.10. The Morgan fingerprint density at radius 3 is 2.52 bits per heavy atom. The minimum atomic E-state index is -0.449. The van der Waals surface area contributed by atoms with E-state index >= 15 is 0 Å². The number of carbonyl (C=O) groups excluding carboxylic acids is 1. The van der Waals surface area contributed by atoms with Crippen molar-refractivity contribution in [2.75, 3.05) is 20.6 Å². The summed E-state index contributed by atoms with van der Waals surface area (Å²) in [7, 11) is 4.12. The molecular weight excluding hydrogens is 314 g/mol. The molecular formula is C16H20N3O3S+. The van der Waals surface area contributed by atoms with Crippen molar-refractivity contribution in [1.29, 1.82) is 0 Å². The molecule has 2 rings (SSSR count). The maximum absolute atomic E-state index is 12.1. The minimum absolute atomic E-state index is 0.0307. The lowest BCUT2D eigenvalue weighted by Crippen LogP contribution is -3.06. The number of hydrogen-bond acceptors (Lipinski definition) is 4. The first kappa shape index (κ1) is 17.1. The van der Waals surface area contributed by atoms with Gasteiger partial charge in [-0.15, -0.1) is 11.3 Å². The van der Waals surface area contributed by atoms with E-state index in [9.17, 15) is 14.9 Å². The van der Waals surface area contributed by atoms with Crippen LogP contribution >= 0.6 is 11.3 Å². The summed E-state index contributed by atoms with van der Waals surface area (Å²) >= 11 is 1.68. The largest absolute Gasteiger partial charge is 0.349 e. The standard InChI is InChI=1S/C16H19N3O3S/c1-18(2)14(15-4-3-9-23-15)11-17-16(20)10-12-5-7-13(8-6-12)19(21)22/h3-9,14H,10-11H2,1-2H3,(H,17,20)/p+1/t14-/m0/s1. The van der Waals surface area contributed by atoms with Crippen molar-refractivity contribution in [2.24, 2.45) is 0 Å². The molecule has 2 aromatic rings. The Morgan fingerprint density at radius 2 is 2.00 bits per heavy atom. The molecule has 1 atom stereocenters. The number of likely N-dealkylation sites (N-methyl/N-ethyl adjacent to an activating group) is 1. The third-order valence-corrected chi connectivity index (χ3v) is 4.58. The van der Waals surface area contributed by atoms with E-state index in [0.717, 1.165) is 5.56 Å². The number of quaternary nitrogens is 1. The second-order valence-corrected chi connectivity index (χ2v) is 6.53. The Kier molecular flexibility index (Phi) is 5.84. The number of carbonyl (C=O) groups is 1. The molecule has 0 spiro atoms. The zero-order chi connectivity index (χ0) is 16.8. The van der Waals surface area contributed by atoms with Gasteiger partial charge in [0.2, 0.25) is 5.91 Å². The number of benzene rings is 1. The van der Waals surface area contributed by atoms with E-state index in [1.165, 1.54) is 21.9 Å². The van der Waals surface area contributed by atoms with Crippen LogP contribution < -0.4 is 10.2 Å². The Morgan fingerprint density at radius 1 is 1.30 bits per heavy atom. The lowest BCUT2D eigenvalue weighted by atomic mass is 10.1. The van der Waals surface area contributed by atoms with E-state index in [1.54, 1.807) is 23.5 Å². The maximum Gasteiger partial charge on any atom is 0.269 e. The smallest absolute Gasteiger partial charge is 0.269 e. The van der Waals surface area contributed by atoms with Crippen LogP contribution in [0.2, 0.25) is 0 Å². The molecule has 6 nitrogen and oxygen atoms in total. The predicted molar refractivity (Wildman–Crippen MR) is 89.7 cm³/mol. The third kappa shape index (κ3) is 4.87. The molecule has 0 saturated carbocycles. The second kappa shape index (κ2) is 7.85. The Labute approximate surface area is 138 Å². The topological polar surface area (TPSA) is 76.7 Å². The van der Waals surface area contributed by atoms with Crippen LogP contribution in [0.5, 0.6) is 0 Å². The molecule has 122 valence electrons. The average molecular weight is 334 g/mol. The molecule has 0 aliphatic heterocycles. The lowest BCUT2D eigenvalue weighted by molar-refractivity contribution is -0.890. The normalized spacial score (nSPS) is 12.1. The Hall–Kier alpha value is -2.25. The van der Waals surface area contributed by atoms with Gasteiger partial charge < -0.3 is 10.2 Å². The van der Waals surface area contributed by atoms with Gasteiger partial charge in [-0.1, -0.05) is 18.2 Å². The van der Waals surface area contributed by atoms with E-state index in [-0.39, 0.29) is 24.1 Å². The van der Waals surface area contributed by atoms with Gasteiger partial charge in [0.1, 0.15) is 6.04 Å². The Bertz CT molecular complexity index is 654. The summed E-state index contributed by atoms with van der Waals surface area (Å²) in [4.78, 5) is 24.7. The highest BCUT2D eigenvalue weighted by Gasteiger charge is 2.19. The van der Waals surface area contributed by atoms with Crippen molar-refractivity contribution >= 4 is 22.9 Å². The van der Waals surface area contributed by atoms with Gasteiger partial charge in [-0.05, 0) is 17.0 Å². The fourth-order valence-electron chi connectivity index (χ4n) is 2.28. The summed E-state index contributed by atoms with van der Waals surface area (Å²) in [5.74, 6) is -0.0818. The van der Waals surface area contributed by atoms with Gasteiger partial charge in [0.15, 0.2) is 0 Å². The lowest BCUT2D eigenvalue weighted by Gasteiger charge is -2.20. The molecule has 1 amide bonds. The molecule has 0 unspecified atom stereocenters. The molecule has 2 N–H and O–H groups in total. The van der Waals surface area contributed by atoms with Gasteiger partial charge in [0, 0.05) is 12.1 Å². The number of nitro groups is 1. The summed E-state index contributed by atoms with van der Waals surface area (Å²) in [6, 6.07) is 10.4. The van der Waals surface area contributed by atoms with Crippen LogP contribution in [0.4, 0.5) is 5.69 Å². The maximum atomic E-state index is 12.1. The average Bonchev–Trinajstić information content (AvgIpc) is 3.01. The van der Waals surface area contributed by atoms with Gasteiger partial charge in [0.25, 0.3) is 5.69 Å². The molecule has 23 heavy (non-hydrogen) atoms. The summed E-state index contributed by atoms with van der Waals surface area (Å²) < 4.78 is 0. The molecule has 1 aromatic heterocycles. The van der Waals surface area contributed by atoms with E-state index < -0.39 is 4.92 Å². The van der Waals surface area contributed by atoms with E-state index in [2.05, 4.69) is 25.5 Å². The van der Waals surface area contributed by atoms with Crippen LogP contribution in [-0.2, 0) is 11.2 Å². The summed E-state index contributed by atoms with van der Waals surface area (Å²) in [6.45, 7) is 0.564. The quantitative estimate of drug-likeness (QED) is 0.590. The van der Waals surface area contributed by atoms with Gasteiger partial charge in [-0.25, -0.2) is 0 Å². The van der Waals surface area contributed by atoms with E-state index in [0.29, 0.717) is 6.54 Å². The van der Waals surface area contributed by atoms with Crippen molar-refractivity contribution in [2.45, 2.75) is 12.5 Å². The molecule has 0 bridgehead atoms. The fraction of sp³-hybridized carbons (Fsp3) is 0.312. The second-order valence-electron chi connectivity index (χ2n) is 5.55. The summed E-state index contributed by atoms with van der Waals surface area (Å²) in [5.41, 5.74) is 0.793. The minimum Gasteiger partial charge on any atom is -0.349 e. The monoisotopic (exact) mass is 334 g/mol. The molecule has 0 fully saturated rings. The van der Waals surface area contributed by atoms with Gasteiger partial charge in [0.05, 0.1) is 36.9 Å². The highest BCUT2D eigenvalue weighted by Crippen LogP contribution is 2.16. The zero-order valence-electron chi connectivity index (χ0n) is 13.1. The van der Waals surface area contributed by atoms with Crippen LogP contribution in [0.25, 0.3) is 0 Å². The van der Waals surface area contributed by atoms with Crippen molar-refractivity contribution in [3.8, 4) is 0 Å². The third-order valence-electron chi connectivity index (χ3n) is 3.60. The molecule has 0 saturated heterocycles. The van der Waals surface area contributed by atoms with Crippen LogP contribution in [-0.4, -0.2) is 31.5 Å². The van der Waals surface area contributed by atoms with Crippen molar-refractivity contribution in [3.63, 3.8) is 0 Å². The zero-order valence-corrected chi connectivity index (χ0v) is 13.9. The molecule has 7 heteroatoms. The van der Waals surface area contributed by atoms with Gasteiger partial charge >= 0.3 is 0 Å². The molecule has 0 aliphatic carbocycles. The molecule has 1 heterocycles.